The first-order valence-electron chi connectivity index (χ1n) is 6.88. The molecule has 1 unspecified atom stereocenters. The lowest BCUT2D eigenvalue weighted by atomic mass is 10.1. The topological polar surface area (TPSA) is 50.4 Å². The van der Waals surface area contributed by atoms with Crippen molar-refractivity contribution >= 4 is 5.91 Å². The number of hydrogen-bond acceptors (Lipinski definition) is 3. The Balaban J connectivity index is 1.73. The summed E-state index contributed by atoms with van der Waals surface area (Å²) < 4.78 is 5.75. The highest BCUT2D eigenvalue weighted by molar-refractivity contribution is 5.81. The van der Waals surface area contributed by atoms with Crippen molar-refractivity contribution in [2.45, 2.75) is 32.7 Å². The Labute approximate surface area is 114 Å². The van der Waals surface area contributed by atoms with E-state index in [1.54, 1.807) is 0 Å². The van der Waals surface area contributed by atoms with Gasteiger partial charge in [0.1, 0.15) is 12.4 Å². The first-order valence-corrected chi connectivity index (χ1v) is 6.88. The Bertz CT molecular complexity index is 420. The van der Waals surface area contributed by atoms with Crippen molar-refractivity contribution in [1.29, 1.82) is 0 Å². The summed E-state index contributed by atoms with van der Waals surface area (Å²) >= 11 is 0. The van der Waals surface area contributed by atoms with Crippen LogP contribution >= 0.6 is 0 Å². The Kier molecular flexibility index (Phi) is 4.80. The van der Waals surface area contributed by atoms with E-state index in [1.807, 2.05) is 32.0 Å². The van der Waals surface area contributed by atoms with Crippen LogP contribution in [0.5, 0.6) is 5.75 Å². The van der Waals surface area contributed by atoms with Crippen LogP contribution < -0.4 is 15.4 Å². The number of rotatable bonds is 5. The molecule has 1 amide bonds. The molecule has 0 aliphatic carbocycles. The van der Waals surface area contributed by atoms with Crippen LogP contribution in [-0.2, 0) is 4.79 Å². The summed E-state index contributed by atoms with van der Waals surface area (Å²) in [6.45, 7) is 6.05. The van der Waals surface area contributed by atoms with Crippen LogP contribution in [0.4, 0.5) is 0 Å². The van der Waals surface area contributed by atoms with Gasteiger partial charge in [0.15, 0.2) is 0 Å². The highest BCUT2D eigenvalue weighted by Crippen LogP contribution is 2.21. The van der Waals surface area contributed by atoms with Crippen molar-refractivity contribution in [1.82, 2.24) is 10.6 Å². The molecule has 1 aromatic rings. The Morgan fingerprint density at radius 3 is 2.79 bits per heavy atom. The largest absolute Gasteiger partial charge is 0.491 e. The molecule has 104 valence electrons. The maximum Gasteiger partial charge on any atom is 0.237 e. The summed E-state index contributed by atoms with van der Waals surface area (Å²) in [6.07, 6.45) is 2.01. The summed E-state index contributed by atoms with van der Waals surface area (Å²) in [6, 6.07) is 6.07. The van der Waals surface area contributed by atoms with E-state index in [-0.39, 0.29) is 11.9 Å². The van der Waals surface area contributed by atoms with Crippen molar-refractivity contribution in [3.8, 4) is 5.75 Å². The van der Waals surface area contributed by atoms with Crippen LogP contribution in [-0.4, -0.2) is 31.6 Å². The summed E-state index contributed by atoms with van der Waals surface area (Å²) in [5, 5.41) is 6.09. The second kappa shape index (κ2) is 6.57. The lowest BCUT2D eigenvalue weighted by Crippen LogP contribution is -2.41. The van der Waals surface area contributed by atoms with Gasteiger partial charge in [-0.1, -0.05) is 18.2 Å². The van der Waals surface area contributed by atoms with Gasteiger partial charge in [0.25, 0.3) is 0 Å². The molecule has 1 fully saturated rings. The monoisotopic (exact) mass is 262 g/mol. The van der Waals surface area contributed by atoms with E-state index in [1.165, 1.54) is 0 Å². The SMILES string of the molecule is Cc1cccc(C)c1OCCNC(=O)C1CCCN1. The van der Waals surface area contributed by atoms with Crippen molar-refractivity contribution in [2.24, 2.45) is 0 Å². The standard InChI is InChI=1S/C15H22N2O2/c1-11-5-3-6-12(2)14(11)19-10-9-17-15(18)13-7-4-8-16-13/h3,5-6,13,16H,4,7-10H2,1-2H3,(H,17,18). The molecule has 0 saturated carbocycles. The number of para-hydroxylation sites is 1. The number of aryl methyl sites for hydroxylation is 2. The number of benzene rings is 1. The van der Waals surface area contributed by atoms with Crippen molar-refractivity contribution < 1.29 is 9.53 Å². The number of ether oxygens (including phenoxy) is 1. The fraction of sp³-hybridized carbons (Fsp3) is 0.533. The van der Waals surface area contributed by atoms with Crippen LogP contribution in [0.1, 0.15) is 24.0 Å². The molecule has 2 N–H and O–H groups in total. The van der Waals surface area contributed by atoms with Gasteiger partial charge in [-0.15, -0.1) is 0 Å². The lowest BCUT2D eigenvalue weighted by molar-refractivity contribution is -0.122. The molecule has 0 bridgehead atoms. The molecule has 4 nitrogen and oxygen atoms in total. The first-order chi connectivity index (χ1) is 9.18. The van der Waals surface area contributed by atoms with Gasteiger partial charge in [-0.25, -0.2) is 0 Å². The molecule has 19 heavy (non-hydrogen) atoms. The minimum Gasteiger partial charge on any atom is -0.491 e. The van der Waals surface area contributed by atoms with E-state index in [0.717, 1.165) is 36.3 Å². The summed E-state index contributed by atoms with van der Waals surface area (Å²) in [5.41, 5.74) is 2.26. The zero-order chi connectivity index (χ0) is 13.7. The van der Waals surface area contributed by atoms with Crippen molar-refractivity contribution in [3.05, 3.63) is 29.3 Å². The van der Waals surface area contributed by atoms with E-state index in [9.17, 15) is 4.79 Å². The average molecular weight is 262 g/mol. The molecule has 0 spiro atoms. The third-order valence-corrected chi connectivity index (χ3v) is 3.43. The minimum absolute atomic E-state index is 0.0137. The van der Waals surface area contributed by atoms with Gasteiger partial charge >= 0.3 is 0 Å². The molecule has 2 rings (SSSR count). The molecule has 0 aromatic heterocycles. The summed E-state index contributed by atoms with van der Waals surface area (Å²) in [4.78, 5) is 11.8. The molecule has 4 heteroatoms. The number of carbonyl (C=O) groups is 1. The normalized spacial score (nSPS) is 18.3. The van der Waals surface area contributed by atoms with Crippen LogP contribution in [0.15, 0.2) is 18.2 Å². The van der Waals surface area contributed by atoms with E-state index in [4.69, 9.17) is 4.74 Å². The molecule has 1 saturated heterocycles. The summed E-state index contributed by atoms with van der Waals surface area (Å²) in [5.74, 6) is 1.01. The van der Waals surface area contributed by atoms with Crippen LogP contribution in [0.25, 0.3) is 0 Å². The maximum absolute atomic E-state index is 11.8. The highest BCUT2D eigenvalue weighted by Gasteiger charge is 2.21. The van der Waals surface area contributed by atoms with Gasteiger partial charge in [0, 0.05) is 0 Å². The summed E-state index contributed by atoms with van der Waals surface area (Å²) in [7, 11) is 0. The van der Waals surface area contributed by atoms with E-state index < -0.39 is 0 Å². The molecule has 1 heterocycles. The van der Waals surface area contributed by atoms with Gasteiger partial charge in [-0.05, 0) is 44.4 Å². The van der Waals surface area contributed by atoms with E-state index in [0.29, 0.717) is 13.2 Å². The molecule has 1 aliphatic rings. The smallest absolute Gasteiger partial charge is 0.237 e. The fourth-order valence-electron chi connectivity index (χ4n) is 2.39. The third kappa shape index (κ3) is 3.70. The fourth-order valence-corrected chi connectivity index (χ4v) is 2.39. The zero-order valence-electron chi connectivity index (χ0n) is 11.7. The highest BCUT2D eigenvalue weighted by atomic mass is 16.5. The molecule has 1 aliphatic heterocycles. The second-order valence-corrected chi connectivity index (χ2v) is 5.01. The zero-order valence-corrected chi connectivity index (χ0v) is 11.7. The molecule has 0 radical (unpaired) electrons. The third-order valence-electron chi connectivity index (χ3n) is 3.43. The average Bonchev–Trinajstić information content (AvgIpc) is 2.91. The molecular formula is C15H22N2O2. The van der Waals surface area contributed by atoms with E-state index >= 15 is 0 Å². The van der Waals surface area contributed by atoms with Gasteiger partial charge in [0.05, 0.1) is 12.6 Å². The Hall–Kier alpha value is -1.55. The second-order valence-electron chi connectivity index (χ2n) is 5.01. The predicted molar refractivity (Wildman–Crippen MR) is 75.4 cm³/mol. The number of carbonyl (C=O) groups excluding carboxylic acids is 1. The lowest BCUT2D eigenvalue weighted by Gasteiger charge is -2.14. The molecule has 1 atom stereocenters. The van der Waals surface area contributed by atoms with Crippen molar-refractivity contribution in [3.63, 3.8) is 0 Å². The van der Waals surface area contributed by atoms with Gasteiger partial charge < -0.3 is 15.4 Å². The Morgan fingerprint density at radius 2 is 2.16 bits per heavy atom. The minimum atomic E-state index is -0.0137. The number of amides is 1. The van der Waals surface area contributed by atoms with Crippen LogP contribution in [0.2, 0.25) is 0 Å². The van der Waals surface area contributed by atoms with Crippen LogP contribution in [0, 0.1) is 13.8 Å². The number of nitrogens with one attached hydrogen (secondary N) is 2. The van der Waals surface area contributed by atoms with Crippen LogP contribution in [0.3, 0.4) is 0 Å². The van der Waals surface area contributed by atoms with Gasteiger partial charge in [0.2, 0.25) is 5.91 Å². The molecular weight excluding hydrogens is 240 g/mol. The van der Waals surface area contributed by atoms with Gasteiger partial charge in [-0.2, -0.15) is 0 Å². The molecule has 1 aromatic carbocycles. The van der Waals surface area contributed by atoms with Gasteiger partial charge in [-0.3, -0.25) is 4.79 Å². The van der Waals surface area contributed by atoms with Crippen molar-refractivity contribution in [2.75, 3.05) is 19.7 Å². The van der Waals surface area contributed by atoms with E-state index in [2.05, 4.69) is 10.6 Å². The number of hydrogen-bond donors (Lipinski definition) is 2. The predicted octanol–water partition coefficient (Wildman–Crippen LogP) is 1.55. The quantitative estimate of drug-likeness (QED) is 0.792. The maximum atomic E-state index is 11.8. The first kappa shape index (κ1) is 13.9. The Morgan fingerprint density at radius 1 is 1.42 bits per heavy atom.